The van der Waals surface area contributed by atoms with Crippen LogP contribution in [0.5, 0.6) is 0 Å². The van der Waals surface area contributed by atoms with E-state index in [4.69, 9.17) is 11.6 Å². The Morgan fingerprint density at radius 2 is 1.85 bits per heavy atom. The molecule has 1 amide bonds. The SMILES string of the molecule is CCN1CCN(C(=O)c2cc(NCc3ccc(Cl)cc3)nc(C)n2)CC1. The molecule has 1 N–H and O–H groups in total. The monoisotopic (exact) mass is 373 g/mol. The molecule has 2 aromatic rings. The molecular formula is C19H24ClN5O. The predicted molar refractivity (Wildman–Crippen MR) is 104 cm³/mol. The molecule has 1 aromatic heterocycles. The summed E-state index contributed by atoms with van der Waals surface area (Å²) < 4.78 is 0. The molecule has 138 valence electrons. The van der Waals surface area contributed by atoms with Crippen LogP contribution in [0.2, 0.25) is 5.02 Å². The van der Waals surface area contributed by atoms with Crippen LogP contribution in [-0.4, -0.2) is 58.4 Å². The number of halogens is 1. The maximum absolute atomic E-state index is 12.8. The van der Waals surface area contributed by atoms with Crippen LogP contribution in [0.25, 0.3) is 0 Å². The Morgan fingerprint density at radius 3 is 2.50 bits per heavy atom. The maximum atomic E-state index is 12.8. The summed E-state index contributed by atoms with van der Waals surface area (Å²) in [4.78, 5) is 25.7. The number of piperazine rings is 1. The summed E-state index contributed by atoms with van der Waals surface area (Å²) >= 11 is 5.91. The summed E-state index contributed by atoms with van der Waals surface area (Å²) in [7, 11) is 0. The molecule has 0 unspecified atom stereocenters. The number of carbonyl (C=O) groups is 1. The molecule has 1 fully saturated rings. The zero-order valence-electron chi connectivity index (χ0n) is 15.2. The largest absolute Gasteiger partial charge is 0.366 e. The summed E-state index contributed by atoms with van der Waals surface area (Å²) in [5.74, 6) is 1.21. The van der Waals surface area contributed by atoms with Crippen molar-refractivity contribution < 1.29 is 4.79 Å². The zero-order chi connectivity index (χ0) is 18.5. The second-order valence-corrected chi connectivity index (χ2v) is 6.83. The van der Waals surface area contributed by atoms with E-state index >= 15 is 0 Å². The molecule has 1 aromatic carbocycles. The van der Waals surface area contributed by atoms with Crippen molar-refractivity contribution in [3.05, 3.63) is 52.4 Å². The minimum atomic E-state index is -0.0270. The van der Waals surface area contributed by atoms with Crippen molar-refractivity contribution >= 4 is 23.3 Å². The first kappa shape index (κ1) is 18.6. The Balaban J connectivity index is 1.67. The second-order valence-electron chi connectivity index (χ2n) is 6.39. The topological polar surface area (TPSA) is 61.4 Å². The molecular weight excluding hydrogens is 350 g/mol. The van der Waals surface area contributed by atoms with Gasteiger partial charge in [0.1, 0.15) is 17.3 Å². The molecule has 26 heavy (non-hydrogen) atoms. The first-order valence-corrected chi connectivity index (χ1v) is 9.28. The van der Waals surface area contributed by atoms with Gasteiger partial charge in [-0.1, -0.05) is 30.7 Å². The smallest absolute Gasteiger partial charge is 0.272 e. The number of rotatable bonds is 5. The highest BCUT2D eigenvalue weighted by Crippen LogP contribution is 2.14. The standard InChI is InChI=1S/C19H24ClN5O/c1-3-24-8-10-25(11-9-24)19(26)17-12-18(23-14(2)22-17)21-13-15-4-6-16(20)7-5-15/h4-7,12H,3,8-11,13H2,1-2H3,(H,21,22,23). The quantitative estimate of drug-likeness (QED) is 0.873. The maximum Gasteiger partial charge on any atom is 0.272 e. The lowest BCUT2D eigenvalue weighted by atomic mass is 10.2. The van der Waals surface area contributed by atoms with Crippen molar-refractivity contribution in [2.24, 2.45) is 0 Å². The Bertz CT molecular complexity index is 757. The van der Waals surface area contributed by atoms with Gasteiger partial charge in [0.2, 0.25) is 0 Å². The summed E-state index contributed by atoms with van der Waals surface area (Å²) in [6.07, 6.45) is 0. The van der Waals surface area contributed by atoms with E-state index in [1.165, 1.54) is 0 Å². The molecule has 3 rings (SSSR count). The number of nitrogens with one attached hydrogen (secondary N) is 1. The predicted octanol–water partition coefficient (Wildman–Crippen LogP) is 2.83. The normalized spacial score (nSPS) is 15.1. The summed E-state index contributed by atoms with van der Waals surface area (Å²) in [5, 5.41) is 3.97. The average molecular weight is 374 g/mol. The van der Waals surface area contributed by atoms with Gasteiger partial charge in [0.25, 0.3) is 5.91 Å². The molecule has 0 aliphatic carbocycles. The first-order valence-electron chi connectivity index (χ1n) is 8.91. The van der Waals surface area contributed by atoms with Gasteiger partial charge in [-0.25, -0.2) is 9.97 Å². The average Bonchev–Trinajstić information content (AvgIpc) is 2.66. The molecule has 7 heteroatoms. The van der Waals surface area contributed by atoms with E-state index in [0.717, 1.165) is 38.3 Å². The Hall–Kier alpha value is -2.18. The molecule has 0 radical (unpaired) electrons. The first-order chi connectivity index (χ1) is 12.5. The van der Waals surface area contributed by atoms with Gasteiger partial charge in [-0.05, 0) is 31.2 Å². The van der Waals surface area contributed by atoms with Gasteiger partial charge >= 0.3 is 0 Å². The van der Waals surface area contributed by atoms with E-state index in [1.54, 1.807) is 13.0 Å². The molecule has 0 saturated carbocycles. The van der Waals surface area contributed by atoms with Crippen LogP contribution in [0.15, 0.2) is 30.3 Å². The number of benzene rings is 1. The number of aromatic nitrogens is 2. The highest BCUT2D eigenvalue weighted by Gasteiger charge is 2.23. The lowest BCUT2D eigenvalue weighted by molar-refractivity contribution is 0.0637. The van der Waals surface area contributed by atoms with Crippen LogP contribution in [0.4, 0.5) is 5.82 Å². The van der Waals surface area contributed by atoms with Crippen LogP contribution < -0.4 is 5.32 Å². The van der Waals surface area contributed by atoms with E-state index in [-0.39, 0.29) is 5.91 Å². The van der Waals surface area contributed by atoms with Crippen LogP contribution in [0.1, 0.15) is 28.8 Å². The molecule has 1 saturated heterocycles. The third-order valence-electron chi connectivity index (χ3n) is 4.55. The molecule has 1 aliphatic heterocycles. The van der Waals surface area contributed by atoms with E-state index in [1.807, 2.05) is 29.2 Å². The van der Waals surface area contributed by atoms with Gasteiger partial charge in [-0.3, -0.25) is 4.79 Å². The Kier molecular flexibility index (Phi) is 6.06. The fraction of sp³-hybridized carbons (Fsp3) is 0.421. The number of nitrogens with zero attached hydrogens (tertiary/aromatic N) is 4. The van der Waals surface area contributed by atoms with Gasteiger partial charge in [0.15, 0.2) is 0 Å². The second kappa shape index (κ2) is 8.47. The van der Waals surface area contributed by atoms with Gasteiger partial charge in [0, 0.05) is 43.8 Å². The fourth-order valence-corrected chi connectivity index (χ4v) is 3.12. The van der Waals surface area contributed by atoms with Gasteiger partial charge in [-0.15, -0.1) is 0 Å². The molecule has 1 aliphatic rings. The van der Waals surface area contributed by atoms with Crippen LogP contribution in [0.3, 0.4) is 0 Å². The number of likely N-dealkylation sites (N-methyl/N-ethyl adjacent to an activating group) is 1. The van der Waals surface area contributed by atoms with Gasteiger partial charge in [-0.2, -0.15) is 0 Å². The summed E-state index contributed by atoms with van der Waals surface area (Å²) in [5.41, 5.74) is 1.54. The van der Waals surface area contributed by atoms with Crippen molar-refractivity contribution in [2.45, 2.75) is 20.4 Å². The van der Waals surface area contributed by atoms with Crippen molar-refractivity contribution in [1.29, 1.82) is 0 Å². The highest BCUT2D eigenvalue weighted by molar-refractivity contribution is 6.30. The van der Waals surface area contributed by atoms with E-state index in [9.17, 15) is 4.79 Å². The Labute approximate surface area is 159 Å². The molecule has 0 atom stereocenters. The van der Waals surface area contributed by atoms with Crippen molar-refractivity contribution in [3.63, 3.8) is 0 Å². The minimum absolute atomic E-state index is 0.0270. The highest BCUT2D eigenvalue weighted by atomic mass is 35.5. The van der Waals surface area contributed by atoms with Crippen LogP contribution in [-0.2, 0) is 6.54 Å². The third kappa shape index (κ3) is 4.71. The lowest BCUT2D eigenvalue weighted by Gasteiger charge is -2.33. The summed E-state index contributed by atoms with van der Waals surface area (Å²) in [6, 6.07) is 9.37. The van der Waals surface area contributed by atoms with Crippen LogP contribution in [0, 0.1) is 6.92 Å². The van der Waals surface area contributed by atoms with E-state index in [0.29, 0.717) is 28.9 Å². The number of carbonyl (C=O) groups excluding carboxylic acids is 1. The van der Waals surface area contributed by atoms with Gasteiger partial charge in [0.05, 0.1) is 0 Å². The number of hydrogen-bond acceptors (Lipinski definition) is 5. The van der Waals surface area contributed by atoms with Crippen molar-refractivity contribution in [2.75, 3.05) is 38.0 Å². The zero-order valence-corrected chi connectivity index (χ0v) is 16.0. The number of anilines is 1. The fourth-order valence-electron chi connectivity index (χ4n) is 2.99. The minimum Gasteiger partial charge on any atom is -0.366 e. The Morgan fingerprint density at radius 1 is 1.15 bits per heavy atom. The summed E-state index contributed by atoms with van der Waals surface area (Å²) in [6.45, 7) is 8.88. The van der Waals surface area contributed by atoms with E-state index in [2.05, 4.69) is 27.1 Å². The molecule has 6 nitrogen and oxygen atoms in total. The number of aryl methyl sites for hydroxylation is 1. The molecule has 2 heterocycles. The van der Waals surface area contributed by atoms with Crippen molar-refractivity contribution in [3.8, 4) is 0 Å². The van der Waals surface area contributed by atoms with Gasteiger partial charge < -0.3 is 15.1 Å². The molecule has 0 bridgehead atoms. The van der Waals surface area contributed by atoms with E-state index < -0.39 is 0 Å². The third-order valence-corrected chi connectivity index (χ3v) is 4.80. The van der Waals surface area contributed by atoms with Crippen LogP contribution >= 0.6 is 11.6 Å². The van der Waals surface area contributed by atoms with Crippen molar-refractivity contribution in [1.82, 2.24) is 19.8 Å². The lowest BCUT2D eigenvalue weighted by Crippen LogP contribution is -2.48. The number of amides is 1. The number of hydrogen-bond donors (Lipinski definition) is 1. The molecule has 0 spiro atoms.